The van der Waals surface area contributed by atoms with Crippen molar-refractivity contribution in [2.24, 2.45) is 0 Å². The van der Waals surface area contributed by atoms with Gasteiger partial charge in [0.25, 0.3) is 0 Å². The number of rotatable bonds is 0. The molecule has 76 valence electrons. The molecule has 0 unspecified atom stereocenters. The molecule has 0 bridgehead atoms. The fraction of sp³-hybridized carbons (Fsp3) is 0.333. The van der Waals surface area contributed by atoms with E-state index in [1.54, 1.807) is 5.51 Å². The molecule has 0 saturated carbocycles. The van der Waals surface area contributed by atoms with Gasteiger partial charge in [0.2, 0.25) is 0 Å². The van der Waals surface area contributed by atoms with Crippen LogP contribution in [0.3, 0.4) is 0 Å². The Hall–Kier alpha value is -1.40. The first kappa shape index (κ1) is 10.1. The zero-order valence-electron chi connectivity index (χ0n) is 9.03. The zero-order chi connectivity index (χ0) is 11.1. The molecule has 0 amide bonds. The van der Waals surface area contributed by atoms with Gasteiger partial charge in [-0.3, -0.25) is 0 Å². The second kappa shape index (κ2) is 3.32. The predicted molar refractivity (Wildman–Crippen MR) is 63.0 cm³/mol. The van der Waals surface area contributed by atoms with Gasteiger partial charge in [-0.05, 0) is 23.1 Å². The molecule has 3 heteroatoms. The summed E-state index contributed by atoms with van der Waals surface area (Å²) in [7, 11) is 0. The van der Waals surface area contributed by atoms with Crippen molar-refractivity contribution in [1.29, 1.82) is 5.26 Å². The highest BCUT2D eigenvalue weighted by Crippen LogP contribution is 2.29. The van der Waals surface area contributed by atoms with Crippen LogP contribution >= 0.6 is 11.3 Å². The number of benzene rings is 1. The van der Waals surface area contributed by atoms with E-state index >= 15 is 0 Å². The minimum absolute atomic E-state index is 0.0589. The molecule has 0 aliphatic rings. The van der Waals surface area contributed by atoms with Crippen LogP contribution in [0.1, 0.15) is 31.9 Å². The smallest absolute Gasteiger partial charge is 0.101 e. The summed E-state index contributed by atoms with van der Waals surface area (Å²) in [4.78, 5) is 4.27. The molecular weight excluding hydrogens is 204 g/mol. The molecule has 2 nitrogen and oxygen atoms in total. The van der Waals surface area contributed by atoms with Crippen molar-refractivity contribution in [2.75, 3.05) is 0 Å². The Labute approximate surface area is 93.2 Å². The molecule has 0 fully saturated rings. The molecular formula is C12H12N2S. The molecule has 0 saturated heterocycles. The number of nitrogens with zero attached hydrogens (tertiary/aromatic N) is 2. The van der Waals surface area contributed by atoms with Crippen molar-refractivity contribution in [3.05, 3.63) is 28.8 Å². The van der Waals surface area contributed by atoms with Crippen molar-refractivity contribution < 1.29 is 0 Å². The van der Waals surface area contributed by atoms with Gasteiger partial charge in [-0.15, -0.1) is 11.3 Å². The molecule has 0 atom stereocenters. The zero-order valence-corrected chi connectivity index (χ0v) is 9.85. The van der Waals surface area contributed by atoms with Crippen LogP contribution in [0.25, 0.3) is 10.2 Å². The first-order valence-corrected chi connectivity index (χ1v) is 5.68. The van der Waals surface area contributed by atoms with Crippen LogP contribution in [0.15, 0.2) is 17.6 Å². The number of thiazole rings is 1. The second-order valence-corrected chi connectivity index (χ2v) is 5.44. The quantitative estimate of drug-likeness (QED) is 0.676. The summed E-state index contributed by atoms with van der Waals surface area (Å²) in [5.41, 5.74) is 4.68. The maximum absolute atomic E-state index is 9.07. The predicted octanol–water partition coefficient (Wildman–Crippen LogP) is 3.47. The third-order valence-corrected chi connectivity index (χ3v) is 3.29. The fourth-order valence-corrected chi connectivity index (χ4v) is 2.22. The highest BCUT2D eigenvalue weighted by Gasteiger charge is 2.16. The number of fused-ring (bicyclic) bond motifs is 1. The maximum Gasteiger partial charge on any atom is 0.101 e. The molecule has 2 aromatic rings. The van der Waals surface area contributed by atoms with Crippen LogP contribution in [0.5, 0.6) is 0 Å². The standard InChI is InChI=1S/C12H12N2S/c1-12(2,3)9-4-8(6-13)11-10(5-9)14-7-15-11/h4-5,7H,1-3H3. The van der Waals surface area contributed by atoms with Crippen LogP contribution in [-0.2, 0) is 5.41 Å². The van der Waals surface area contributed by atoms with E-state index in [1.165, 1.54) is 11.3 Å². The van der Waals surface area contributed by atoms with Gasteiger partial charge in [0.05, 0.1) is 21.3 Å². The van der Waals surface area contributed by atoms with Crippen LogP contribution in [-0.4, -0.2) is 4.98 Å². The van der Waals surface area contributed by atoms with E-state index in [0.717, 1.165) is 21.3 Å². The van der Waals surface area contributed by atoms with Gasteiger partial charge in [0.15, 0.2) is 0 Å². The van der Waals surface area contributed by atoms with Gasteiger partial charge in [0.1, 0.15) is 6.07 Å². The van der Waals surface area contributed by atoms with Crippen molar-refractivity contribution >= 4 is 21.6 Å². The summed E-state index contributed by atoms with van der Waals surface area (Å²) in [6, 6.07) is 6.29. The first-order valence-electron chi connectivity index (χ1n) is 4.80. The summed E-state index contributed by atoms with van der Waals surface area (Å²) in [5, 5.41) is 9.07. The Kier molecular flexibility index (Phi) is 2.24. The third-order valence-electron chi connectivity index (χ3n) is 2.42. The topological polar surface area (TPSA) is 36.7 Å². The molecule has 0 aliphatic carbocycles. The average molecular weight is 216 g/mol. The first-order chi connectivity index (χ1) is 7.02. The lowest BCUT2D eigenvalue weighted by Gasteiger charge is -2.19. The SMILES string of the molecule is CC(C)(C)c1cc(C#N)c2scnc2c1. The number of aromatic nitrogens is 1. The molecule has 0 N–H and O–H groups in total. The summed E-state index contributed by atoms with van der Waals surface area (Å²) in [6.07, 6.45) is 0. The van der Waals surface area contributed by atoms with Gasteiger partial charge < -0.3 is 0 Å². The summed E-state index contributed by atoms with van der Waals surface area (Å²) in [6.45, 7) is 6.42. The number of hydrogen-bond donors (Lipinski definition) is 0. The molecule has 1 aromatic carbocycles. The van der Waals surface area contributed by atoms with Gasteiger partial charge in [-0.2, -0.15) is 5.26 Å². The second-order valence-electron chi connectivity index (χ2n) is 4.59. The maximum atomic E-state index is 9.07. The van der Waals surface area contributed by atoms with E-state index < -0.39 is 0 Å². The molecule has 15 heavy (non-hydrogen) atoms. The molecule has 1 aromatic heterocycles. The van der Waals surface area contributed by atoms with Crippen molar-refractivity contribution in [1.82, 2.24) is 4.98 Å². The van der Waals surface area contributed by atoms with E-state index in [9.17, 15) is 0 Å². The minimum atomic E-state index is 0.0589. The molecule has 1 heterocycles. The Morgan fingerprint density at radius 2 is 2.07 bits per heavy atom. The van der Waals surface area contributed by atoms with E-state index in [1.807, 2.05) is 6.07 Å². The Balaban J connectivity index is 2.76. The van der Waals surface area contributed by atoms with E-state index in [0.29, 0.717) is 0 Å². The Bertz CT molecular complexity index is 541. The van der Waals surface area contributed by atoms with Crippen LogP contribution in [0.2, 0.25) is 0 Å². The molecule has 0 aliphatic heterocycles. The summed E-state index contributed by atoms with van der Waals surface area (Å²) >= 11 is 1.52. The van der Waals surface area contributed by atoms with Crippen molar-refractivity contribution in [3.8, 4) is 6.07 Å². The van der Waals surface area contributed by atoms with E-state index in [-0.39, 0.29) is 5.41 Å². The van der Waals surface area contributed by atoms with E-state index in [4.69, 9.17) is 5.26 Å². The Morgan fingerprint density at radius 3 is 2.67 bits per heavy atom. The number of hydrogen-bond acceptors (Lipinski definition) is 3. The van der Waals surface area contributed by atoms with Gasteiger partial charge in [0, 0.05) is 0 Å². The van der Waals surface area contributed by atoms with Crippen LogP contribution < -0.4 is 0 Å². The largest absolute Gasteiger partial charge is 0.245 e. The van der Waals surface area contributed by atoms with Gasteiger partial charge >= 0.3 is 0 Å². The van der Waals surface area contributed by atoms with Crippen LogP contribution in [0, 0.1) is 11.3 Å². The van der Waals surface area contributed by atoms with Gasteiger partial charge in [-0.1, -0.05) is 20.8 Å². The highest BCUT2D eigenvalue weighted by molar-refractivity contribution is 7.17. The molecule has 2 rings (SSSR count). The van der Waals surface area contributed by atoms with Gasteiger partial charge in [-0.25, -0.2) is 4.98 Å². The Morgan fingerprint density at radius 1 is 1.33 bits per heavy atom. The van der Waals surface area contributed by atoms with Crippen molar-refractivity contribution in [3.63, 3.8) is 0 Å². The molecule has 0 radical (unpaired) electrons. The summed E-state index contributed by atoms with van der Waals surface area (Å²) in [5.74, 6) is 0. The minimum Gasteiger partial charge on any atom is -0.245 e. The average Bonchev–Trinajstić information content (AvgIpc) is 2.62. The fourth-order valence-electron chi connectivity index (χ4n) is 1.49. The highest BCUT2D eigenvalue weighted by atomic mass is 32.1. The molecule has 0 spiro atoms. The monoisotopic (exact) mass is 216 g/mol. The van der Waals surface area contributed by atoms with E-state index in [2.05, 4.69) is 37.9 Å². The lowest BCUT2D eigenvalue weighted by atomic mass is 9.86. The normalized spacial score (nSPS) is 11.6. The lowest BCUT2D eigenvalue weighted by molar-refractivity contribution is 0.591. The summed E-state index contributed by atoms with van der Waals surface area (Å²) < 4.78 is 0.991. The van der Waals surface area contributed by atoms with Crippen molar-refractivity contribution in [2.45, 2.75) is 26.2 Å². The van der Waals surface area contributed by atoms with Crippen LogP contribution in [0.4, 0.5) is 0 Å². The number of nitriles is 1. The third kappa shape index (κ3) is 1.73. The lowest BCUT2D eigenvalue weighted by Crippen LogP contribution is -2.11.